The molecule has 2 rings (SSSR count). The number of anilines is 1. The van der Waals surface area contributed by atoms with Crippen LogP contribution < -0.4 is 10.6 Å². The molecule has 1 heterocycles. The molecule has 92 valence electrons. The number of nitrogens with one attached hydrogen (secondary N) is 1. The van der Waals surface area contributed by atoms with Crippen molar-refractivity contribution in [2.45, 2.75) is 6.54 Å². The fourth-order valence-electron chi connectivity index (χ4n) is 1.80. The van der Waals surface area contributed by atoms with E-state index in [9.17, 15) is 0 Å². The number of nitrogen functional groups attached to an aromatic ring is 1. The predicted molar refractivity (Wildman–Crippen MR) is 73.8 cm³/mol. The Morgan fingerprint density at radius 1 is 1.28 bits per heavy atom. The van der Waals surface area contributed by atoms with Crippen LogP contribution in [0.4, 0.5) is 5.69 Å². The SMILES string of the molecule is CN(Cc1cccc(C(=N)N)c1)c1ccncc1. The van der Waals surface area contributed by atoms with Crippen molar-refractivity contribution in [3.8, 4) is 0 Å². The molecule has 1 aromatic heterocycles. The highest BCUT2D eigenvalue weighted by Crippen LogP contribution is 2.14. The molecular formula is C14H16N4. The number of amidine groups is 1. The maximum Gasteiger partial charge on any atom is 0.122 e. The standard InChI is InChI=1S/C14H16N4/c1-18(13-5-7-17-8-6-13)10-11-3-2-4-12(9-11)14(15)16/h2-9H,10H2,1H3,(H3,15,16). The zero-order chi connectivity index (χ0) is 13.0. The van der Waals surface area contributed by atoms with Crippen LogP contribution in [0.3, 0.4) is 0 Å². The smallest absolute Gasteiger partial charge is 0.122 e. The summed E-state index contributed by atoms with van der Waals surface area (Å²) in [5, 5.41) is 7.43. The Kier molecular flexibility index (Phi) is 3.57. The molecule has 3 N–H and O–H groups in total. The molecule has 0 aliphatic heterocycles. The molecule has 0 spiro atoms. The van der Waals surface area contributed by atoms with Crippen LogP contribution in [0.1, 0.15) is 11.1 Å². The van der Waals surface area contributed by atoms with E-state index >= 15 is 0 Å². The zero-order valence-electron chi connectivity index (χ0n) is 10.3. The first-order chi connectivity index (χ1) is 8.66. The second kappa shape index (κ2) is 5.31. The molecule has 18 heavy (non-hydrogen) atoms. The lowest BCUT2D eigenvalue weighted by Gasteiger charge is -2.19. The monoisotopic (exact) mass is 240 g/mol. The maximum absolute atomic E-state index is 7.43. The Balaban J connectivity index is 2.14. The van der Waals surface area contributed by atoms with Crippen molar-refractivity contribution in [1.29, 1.82) is 5.41 Å². The van der Waals surface area contributed by atoms with Gasteiger partial charge in [0.1, 0.15) is 5.84 Å². The minimum atomic E-state index is 0.100. The molecule has 0 fully saturated rings. The lowest BCUT2D eigenvalue weighted by molar-refractivity contribution is 0.920. The summed E-state index contributed by atoms with van der Waals surface area (Å²) in [7, 11) is 2.02. The summed E-state index contributed by atoms with van der Waals surface area (Å²) in [6.07, 6.45) is 3.55. The first-order valence-corrected chi connectivity index (χ1v) is 5.71. The number of hydrogen-bond donors (Lipinski definition) is 2. The normalized spacial score (nSPS) is 10.1. The fraction of sp³-hybridized carbons (Fsp3) is 0.143. The number of nitrogens with two attached hydrogens (primary N) is 1. The van der Waals surface area contributed by atoms with E-state index in [4.69, 9.17) is 11.1 Å². The third-order valence-electron chi connectivity index (χ3n) is 2.76. The van der Waals surface area contributed by atoms with Crippen LogP contribution in [0.5, 0.6) is 0 Å². The highest BCUT2D eigenvalue weighted by Gasteiger charge is 2.03. The molecule has 4 heteroatoms. The average Bonchev–Trinajstić information content (AvgIpc) is 2.40. The van der Waals surface area contributed by atoms with E-state index in [1.807, 2.05) is 43.4 Å². The van der Waals surface area contributed by atoms with Gasteiger partial charge < -0.3 is 10.6 Å². The van der Waals surface area contributed by atoms with Gasteiger partial charge in [0.25, 0.3) is 0 Å². The van der Waals surface area contributed by atoms with Gasteiger partial charge in [-0.2, -0.15) is 0 Å². The summed E-state index contributed by atoms with van der Waals surface area (Å²) in [6, 6.07) is 11.7. The third kappa shape index (κ3) is 2.85. The molecule has 0 saturated heterocycles. The van der Waals surface area contributed by atoms with Gasteiger partial charge in [-0.15, -0.1) is 0 Å². The van der Waals surface area contributed by atoms with Crippen LogP contribution in [-0.4, -0.2) is 17.9 Å². The Labute approximate surface area is 107 Å². The van der Waals surface area contributed by atoms with Gasteiger partial charge in [-0.1, -0.05) is 18.2 Å². The molecule has 0 unspecified atom stereocenters. The first kappa shape index (κ1) is 12.1. The molecule has 4 nitrogen and oxygen atoms in total. The Morgan fingerprint density at radius 3 is 2.67 bits per heavy atom. The summed E-state index contributed by atoms with van der Waals surface area (Å²) >= 11 is 0. The van der Waals surface area contributed by atoms with Crippen molar-refractivity contribution >= 4 is 11.5 Å². The van der Waals surface area contributed by atoms with Gasteiger partial charge >= 0.3 is 0 Å². The van der Waals surface area contributed by atoms with E-state index in [1.54, 1.807) is 12.4 Å². The van der Waals surface area contributed by atoms with E-state index in [-0.39, 0.29) is 5.84 Å². The maximum atomic E-state index is 7.43. The average molecular weight is 240 g/mol. The molecule has 0 radical (unpaired) electrons. The summed E-state index contributed by atoms with van der Waals surface area (Å²) < 4.78 is 0. The van der Waals surface area contributed by atoms with Gasteiger partial charge in [-0.25, -0.2) is 0 Å². The molecule has 0 amide bonds. The predicted octanol–water partition coefficient (Wildman–Crippen LogP) is 2.00. The van der Waals surface area contributed by atoms with Crippen molar-refractivity contribution in [2.24, 2.45) is 5.73 Å². The molecule has 1 aromatic carbocycles. The van der Waals surface area contributed by atoms with Crippen molar-refractivity contribution in [3.05, 3.63) is 59.9 Å². The number of hydrogen-bond acceptors (Lipinski definition) is 3. The molecule has 0 atom stereocenters. The molecule has 2 aromatic rings. The summed E-state index contributed by atoms with van der Waals surface area (Å²) in [5.74, 6) is 0.100. The van der Waals surface area contributed by atoms with Crippen molar-refractivity contribution in [3.63, 3.8) is 0 Å². The number of pyridine rings is 1. The fourth-order valence-corrected chi connectivity index (χ4v) is 1.80. The van der Waals surface area contributed by atoms with Crippen molar-refractivity contribution in [1.82, 2.24) is 4.98 Å². The molecule has 0 bridgehead atoms. The van der Waals surface area contributed by atoms with Crippen LogP contribution in [0.15, 0.2) is 48.8 Å². The lowest BCUT2D eigenvalue weighted by Crippen LogP contribution is -2.17. The minimum Gasteiger partial charge on any atom is -0.384 e. The summed E-state index contributed by atoms with van der Waals surface area (Å²) in [6.45, 7) is 0.769. The second-order valence-corrected chi connectivity index (χ2v) is 4.18. The molecule has 0 aliphatic carbocycles. The van der Waals surface area contributed by atoms with Crippen molar-refractivity contribution in [2.75, 3.05) is 11.9 Å². The molecule has 0 aliphatic rings. The second-order valence-electron chi connectivity index (χ2n) is 4.18. The van der Waals surface area contributed by atoms with Crippen LogP contribution in [0.2, 0.25) is 0 Å². The van der Waals surface area contributed by atoms with Crippen LogP contribution in [0, 0.1) is 5.41 Å². The number of aromatic nitrogens is 1. The summed E-state index contributed by atoms with van der Waals surface area (Å²) in [5.41, 5.74) is 8.48. The summed E-state index contributed by atoms with van der Waals surface area (Å²) in [4.78, 5) is 6.13. The van der Waals surface area contributed by atoms with Crippen molar-refractivity contribution < 1.29 is 0 Å². The Morgan fingerprint density at radius 2 is 2.00 bits per heavy atom. The molecular weight excluding hydrogens is 224 g/mol. The van der Waals surface area contributed by atoms with Crippen LogP contribution in [0.25, 0.3) is 0 Å². The zero-order valence-corrected chi connectivity index (χ0v) is 10.3. The number of rotatable bonds is 4. The Hall–Kier alpha value is -2.36. The van der Waals surface area contributed by atoms with E-state index in [1.165, 1.54) is 0 Å². The van der Waals surface area contributed by atoms with Gasteiger partial charge in [0.05, 0.1) is 0 Å². The van der Waals surface area contributed by atoms with Crippen LogP contribution in [-0.2, 0) is 6.54 Å². The number of benzene rings is 1. The Bertz CT molecular complexity index is 537. The van der Waals surface area contributed by atoms with Gasteiger partial charge in [0.2, 0.25) is 0 Å². The quantitative estimate of drug-likeness (QED) is 0.634. The minimum absolute atomic E-state index is 0.100. The van der Waals surface area contributed by atoms with E-state index < -0.39 is 0 Å². The lowest BCUT2D eigenvalue weighted by atomic mass is 10.1. The van der Waals surface area contributed by atoms with E-state index in [0.29, 0.717) is 0 Å². The van der Waals surface area contributed by atoms with Gasteiger partial charge in [-0.3, -0.25) is 10.4 Å². The van der Waals surface area contributed by atoms with Crippen LogP contribution >= 0.6 is 0 Å². The highest BCUT2D eigenvalue weighted by atomic mass is 15.1. The largest absolute Gasteiger partial charge is 0.384 e. The third-order valence-corrected chi connectivity index (χ3v) is 2.76. The topological polar surface area (TPSA) is 66.0 Å². The van der Waals surface area contributed by atoms with E-state index in [0.717, 1.165) is 23.4 Å². The van der Waals surface area contributed by atoms with Gasteiger partial charge in [-0.05, 0) is 23.8 Å². The van der Waals surface area contributed by atoms with Gasteiger partial charge in [0, 0.05) is 37.2 Å². The highest BCUT2D eigenvalue weighted by molar-refractivity contribution is 5.95. The van der Waals surface area contributed by atoms with E-state index in [2.05, 4.69) is 9.88 Å². The number of nitrogens with zero attached hydrogens (tertiary/aromatic N) is 2. The van der Waals surface area contributed by atoms with Gasteiger partial charge in [0.15, 0.2) is 0 Å². The molecule has 0 saturated carbocycles. The first-order valence-electron chi connectivity index (χ1n) is 5.71.